The minimum absolute atomic E-state index is 0. The van der Waals surface area contributed by atoms with Crippen LogP contribution in [-0.4, -0.2) is 36.5 Å². The zero-order valence-corrected chi connectivity index (χ0v) is 12.7. The zero-order valence-electron chi connectivity index (χ0n) is 11.9. The molecular weight excluding hydrogens is 276 g/mol. The van der Waals surface area contributed by atoms with Crippen molar-refractivity contribution >= 4 is 18.3 Å². The Balaban J connectivity index is 0.00000200. The summed E-state index contributed by atoms with van der Waals surface area (Å²) in [6.45, 7) is 4.18. The topological polar surface area (TPSA) is 55.6 Å². The molecule has 1 aromatic rings. The quantitative estimate of drug-likeness (QED) is 0.929. The molecule has 0 aromatic heterocycles. The van der Waals surface area contributed by atoms with E-state index in [1.807, 2.05) is 29.2 Å². The Morgan fingerprint density at radius 3 is 3.00 bits per heavy atom. The number of carbonyl (C=O) groups is 1. The van der Waals surface area contributed by atoms with Gasteiger partial charge in [0.05, 0.1) is 6.61 Å². The molecule has 112 valence electrons. The first kappa shape index (κ1) is 16.8. The predicted molar refractivity (Wildman–Crippen MR) is 82.6 cm³/mol. The van der Waals surface area contributed by atoms with Crippen LogP contribution in [0.15, 0.2) is 24.3 Å². The number of carbonyl (C=O) groups excluding carboxylic acids is 1. The van der Waals surface area contributed by atoms with Crippen LogP contribution in [0.5, 0.6) is 5.75 Å². The Hall–Kier alpha value is -1.26. The number of likely N-dealkylation sites (tertiary alicyclic amines) is 1. The third-order valence-corrected chi connectivity index (χ3v) is 3.30. The molecule has 1 aliphatic rings. The molecule has 2 N–H and O–H groups in total. The average Bonchev–Trinajstić information content (AvgIpc) is 2.44. The first-order valence-corrected chi connectivity index (χ1v) is 6.98. The van der Waals surface area contributed by atoms with Crippen LogP contribution >= 0.6 is 12.4 Å². The van der Waals surface area contributed by atoms with Crippen LogP contribution in [-0.2, 0) is 0 Å². The van der Waals surface area contributed by atoms with E-state index in [-0.39, 0.29) is 24.4 Å². The fraction of sp³-hybridized carbons (Fsp3) is 0.533. The van der Waals surface area contributed by atoms with Crippen LogP contribution in [0.25, 0.3) is 0 Å². The minimum Gasteiger partial charge on any atom is -0.494 e. The molecule has 1 atom stereocenters. The van der Waals surface area contributed by atoms with Crippen molar-refractivity contribution in [2.75, 3.05) is 19.7 Å². The van der Waals surface area contributed by atoms with E-state index in [4.69, 9.17) is 10.5 Å². The monoisotopic (exact) mass is 298 g/mol. The molecule has 4 nitrogen and oxygen atoms in total. The van der Waals surface area contributed by atoms with Gasteiger partial charge in [-0.05, 0) is 37.5 Å². The standard InChI is InChI=1S/C15H22N2O2.ClH/c1-2-9-19-14-7-3-5-12(10-14)15(18)17-8-4-6-13(16)11-17;/h3,5,7,10,13H,2,4,6,8-9,11,16H2,1H3;1H. The van der Waals surface area contributed by atoms with Crippen molar-refractivity contribution in [3.05, 3.63) is 29.8 Å². The number of nitrogens with zero attached hydrogens (tertiary/aromatic N) is 1. The van der Waals surface area contributed by atoms with Gasteiger partial charge in [0.2, 0.25) is 0 Å². The number of ether oxygens (including phenoxy) is 1. The van der Waals surface area contributed by atoms with Gasteiger partial charge >= 0.3 is 0 Å². The molecule has 1 fully saturated rings. The largest absolute Gasteiger partial charge is 0.494 e. The van der Waals surface area contributed by atoms with Gasteiger partial charge in [-0.2, -0.15) is 0 Å². The normalized spacial score (nSPS) is 18.3. The Morgan fingerprint density at radius 1 is 1.50 bits per heavy atom. The molecule has 2 rings (SSSR count). The number of rotatable bonds is 4. The molecule has 1 saturated heterocycles. The lowest BCUT2D eigenvalue weighted by molar-refractivity contribution is 0.0708. The number of halogens is 1. The Morgan fingerprint density at radius 2 is 2.30 bits per heavy atom. The van der Waals surface area contributed by atoms with Gasteiger partial charge in [-0.3, -0.25) is 4.79 Å². The van der Waals surface area contributed by atoms with Crippen LogP contribution in [0.1, 0.15) is 36.5 Å². The van der Waals surface area contributed by atoms with Crippen molar-refractivity contribution in [2.45, 2.75) is 32.2 Å². The highest BCUT2D eigenvalue weighted by Crippen LogP contribution is 2.17. The first-order valence-electron chi connectivity index (χ1n) is 6.98. The smallest absolute Gasteiger partial charge is 0.254 e. The van der Waals surface area contributed by atoms with E-state index in [1.165, 1.54) is 0 Å². The van der Waals surface area contributed by atoms with Crippen molar-refractivity contribution < 1.29 is 9.53 Å². The Bertz CT molecular complexity index is 440. The molecule has 1 aliphatic heterocycles. The maximum absolute atomic E-state index is 12.4. The number of hydrogen-bond acceptors (Lipinski definition) is 3. The van der Waals surface area contributed by atoms with Gasteiger partial charge in [0.25, 0.3) is 5.91 Å². The van der Waals surface area contributed by atoms with Crippen molar-refractivity contribution in [1.82, 2.24) is 4.90 Å². The zero-order chi connectivity index (χ0) is 13.7. The Kier molecular flexibility index (Phi) is 6.82. The molecule has 1 heterocycles. The average molecular weight is 299 g/mol. The number of nitrogens with two attached hydrogens (primary N) is 1. The van der Waals surface area contributed by atoms with Crippen molar-refractivity contribution in [1.29, 1.82) is 0 Å². The van der Waals surface area contributed by atoms with E-state index in [2.05, 4.69) is 6.92 Å². The van der Waals surface area contributed by atoms with Gasteiger partial charge in [-0.15, -0.1) is 12.4 Å². The molecule has 1 amide bonds. The number of piperidine rings is 1. The van der Waals surface area contributed by atoms with E-state index >= 15 is 0 Å². The van der Waals surface area contributed by atoms with E-state index in [0.29, 0.717) is 18.7 Å². The van der Waals surface area contributed by atoms with Gasteiger partial charge < -0.3 is 15.4 Å². The van der Waals surface area contributed by atoms with Gasteiger partial charge in [0.1, 0.15) is 5.75 Å². The lowest BCUT2D eigenvalue weighted by atomic mass is 10.1. The molecule has 0 saturated carbocycles. The molecule has 0 bridgehead atoms. The highest BCUT2D eigenvalue weighted by molar-refractivity contribution is 5.94. The molecular formula is C15H23ClN2O2. The summed E-state index contributed by atoms with van der Waals surface area (Å²) in [5, 5.41) is 0. The van der Waals surface area contributed by atoms with Crippen molar-refractivity contribution in [3.63, 3.8) is 0 Å². The summed E-state index contributed by atoms with van der Waals surface area (Å²) < 4.78 is 5.56. The summed E-state index contributed by atoms with van der Waals surface area (Å²) in [7, 11) is 0. The van der Waals surface area contributed by atoms with Crippen molar-refractivity contribution in [2.24, 2.45) is 5.73 Å². The van der Waals surface area contributed by atoms with Crippen molar-refractivity contribution in [3.8, 4) is 5.75 Å². The third-order valence-electron chi connectivity index (χ3n) is 3.30. The maximum atomic E-state index is 12.4. The van der Waals surface area contributed by atoms with E-state index in [1.54, 1.807) is 0 Å². The van der Waals surface area contributed by atoms with Crippen LogP contribution in [0, 0.1) is 0 Å². The molecule has 0 spiro atoms. The number of benzene rings is 1. The second kappa shape index (κ2) is 8.12. The van der Waals surface area contributed by atoms with Gasteiger partial charge in [0.15, 0.2) is 0 Å². The molecule has 1 unspecified atom stereocenters. The molecule has 5 heteroatoms. The highest BCUT2D eigenvalue weighted by atomic mass is 35.5. The lowest BCUT2D eigenvalue weighted by Crippen LogP contribution is -2.45. The van der Waals surface area contributed by atoms with Crippen LogP contribution in [0.3, 0.4) is 0 Å². The fourth-order valence-electron chi connectivity index (χ4n) is 2.32. The van der Waals surface area contributed by atoms with E-state index < -0.39 is 0 Å². The highest BCUT2D eigenvalue weighted by Gasteiger charge is 2.22. The summed E-state index contributed by atoms with van der Waals surface area (Å²) in [6.07, 6.45) is 2.95. The molecule has 20 heavy (non-hydrogen) atoms. The first-order chi connectivity index (χ1) is 9.20. The summed E-state index contributed by atoms with van der Waals surface area (Å²) in [4.78, 5) is 14.2. The molecule has 1 aromatic carbocycles. The van der Waals surface area contributed by atoms with Crippen LogP contribution < -0.4 is 10.5 Å². The maximum Gasteiger partial charge on any atom is 0.254 e. The SMILES string of the molecule is CCCOc1cccc(C(=O)N2CCCC(N)C2)c1.Cl. The predicted octanol–water partition coefficient (Wildman–Crippen LogP) is 2.46. The van der Waals surface area contributed by atoms with E-state index in [9.17, 15) is 4.79 Å². The summed E-state index contributed by atoms with van der Waals surface area (Å²) in [6, 6.07) is 7.51. The second-order valence-corrected chi connectivity index (χ2v) is 5.03. The van der Waals surface area contributed by atoms with Gasteiger partial charge in [-0.1, -0.05) is 13.0 Å². The summed E-state index contributed by atoms with van der Waals surface area (Å²) in [5.41, 5.74) is 6.60. The van der Waals surface area contributed by atoms with E-state index in [0.717, 1.165) is 31.6 Å². The van der Waals surface area contributed by atoms with Gasteiger partial charge in [0, 0.05) is 24.7 Å². The van der Waals surface area contributed by atoms with Crippen LogP contribution in [0.2, 0.25) is 0 Å². The lowest BCUT2D eigenvalue weighted by Gasteiger charge is -2.30. The fourth-order valence-corrected chi connectivity index (χ4v) is 2.32. The van der Waals surface area contributed by atoms with Crippen LogP contribution in [0.4, 0.5) is 0 Å². The van der Waals surface area contributed by atoms with Gasteiger partial charge in [-0.25, -0.2) is 0 Å². The number of hydrogen-bond donors (Lipinski definition) is 1. The summed E-state index contributed by atoms with van der Waals surface area (Å²) >= 11 is 0. The third kappa shape index (κ3) is 4.39. The Labute approximate surface area is 126 Å². The molecule has 0 radical (unpaired) electrons. The number of amides is 1. The molecule has 0 aliphatic carbocycles. The minimum atomic E-state index is 0. The second-order valence-electron chi connectivity index (χ2n) is 5.03. The summed E-state index contributed by atoms with van der Waals surface area (Å²) in [5.74, 6) is 0.811.